The van der Waals surface area contributed by atoms with Crippen molar-refractivity contribution in [2.45, 2.75) is 20.3 Å². The van der Waals surface area contributed by atoms with Crippen molar-refractivity contribution in [3.8, 4) is 0 Å². The smallest absolute Gasteiger partial charge is 0.171 e. The Morgan fingerprint density at radius 1 is 1.60 bits per heavy atom. The van der Waals surface area contributed by atoms with Gasteiger partial charge >= 0.3 is 0 Å². The van der Waals surface area contributed by atoms with Crippen molar-refractivity contribution >= 4 is 9.84 Å². The molecule has 0 bridgehead atoms. The Balaban J connectivity index is 4.02. The zero-order valence-corrected chi connectivity index (χ0v) is 7.32. The van der Waals surface area contributed by atoms with Gasteiger partial charge in [-0.3, -0.25) is 0 Å². The molecule has 0 aromatic heterocycles. The van der Waals surface area contributed by atoms with Crippen LogP contribution in [0.1, 0.15) is 20.3 Å². The van der Waals surface area contributed by atoms with Crippen molar-refractivity contribution in [3.05, 3.63) is 12.0 Å². The molecule has 0 amide bonds. The van der Waals surface area contributed by atoms with Crippen molar-refractivity contribution in [2.24, 2.45) is 5.92 Å². The molecule has 0 aliphatic carbocycles. The highest BCUT2D eigenvalue weighted by atomic mass is 32.2. The average molecular weight is 162 g/mol. The summed E-state index contributed by atoms with van der Waals surface area (Å²) in [6.45, 7) is 7.12. The fourth-order valence-corrected chi connectivity index (χ4v) is 1.75. The zero-order chi connectivity index (χ0) is 8.20. The van der Waals surface area contributed by atoms with Gasteiger partial charge < -0.3 is 0 Å². The molecule has 2 nitrogen and oxygen atoms in total. The summed E-state index contributed by atoms with van der Waals surface area (Å²) >= 11 is 0. The third-order valence-corrected chi connectivity index (χ3v) is 3.01. The van der Waals surface area contributed by atoms with Gasteiger partial charge in [0.15, 0.2) is 9.84 Å². The zero-order valence-electron chi connectivity index (χ0n) is 6.50. The highest BCUT2D eigenvalue weighted by Gasteiger charge is 2.09. The summed E-state index contributed by atoms with van der Waals surface area (Å²) in [5.74, 6) is 0.468. The maximum absolute atomic E-state index is 10.9. The van der Waals surface area contributed by atoms with Gasteiger partial charge in [-0.15, -0.1) is 0 Å². The second kappa shape index (κ2) is 3.76. The van der Waals surface area contributed by atoms with E-state index < -0.39 is 9.84 Å². The second-order valence-electron chi connectivity index (χ2n) is 2.51. The van der Waals surface area contributed by atoms with E-state index in [0.29, 0.717) is 0 Å². The van der Waals surface area contributed by atoms with Crippen LogP contribution in [-0.4, -0.2) is 14.2 Å². The minimum Gasteiger partial charge on any atom is -0.224 e. The van der Waals surface area contributed by atoms with E-state index in [1.165, 1.54) is 0 Å². The van der Waals surface area contributed by atoms with Crippen LogP contribution in [-0.2, 0) is 9.84 Å². The Kier molecular flexibility index (Phi) is 3.64. The van der Waals surface area contributed by atoms with Crippen LogP contribution in [0.3, 0.4) is 0 Å². The lowest BCUT2D eigenvalue weighted by Crippen LogP contribution is -2.09. The van der Waals surface area contributed by atoms with Gasteiger partial charge in [0.25, 0.3) is 0 Å². The summed E-state index contributed by atoms with van der Waals surface area (Å²) in [5.41, 5.74) is 0. The maximum Gasteiger partial charge on any atom is 0.171 e. The first kappa shape index (κ1) is 9.69. The molecule has 0 N–H and O–H groups in total. The van der Waals surface area contributed by atoms with Crippen molar-refractivity contribution < 1.29 is 8.42 Å². The van der Waals surface area contributed by atoms with Crippen LogP contribution in [0.5, 0.6) is 0 Å². The molecule has 0 saturated carbocycles. The Morgan fingerprint density at radius 2 is 2.10 bits per heavy atom. The van der Waals surface area contributed by atoms with Gasteiger partial charge in [-0.1, -0.05) is 26.8 Å². The molecule has 0 radical (unpaired) electrons. The van der Waals surface area contributed by atoms with E-state index in [2.05, 4.69) is 6.58 Å². The number of rotatable bonds is 4. The Labute approximate surface area is 62.9 Å². The average Bonchev–Trinajstić information content (AvgIpc) is 1.87. The van der Waals surface area contributed by atoms with Gasteiger partial charge in [-0.25, -0.2) is 8.42 Å². The first-order chi connectivity index (χ1) is 4.52. The van der Waals surface area contributed by atoms with Gasteiger partial charge in [0.1, 0.15) is 0 Å². The van der Waals surface area contributed by atoms with Gasteiger partial charge in [0.05, 0.1) is 5.75 Å². The van der Waals surface area contributed by atoms with E-state index in [1.54, 1.807) is 0 Å². The van der Waals surface area contributed by atoms with Crippen LogP contribution >= 0.6 is 0 Å². The lowest BCUT2D eigenvalue weighted by atomic mass is 10.2. The summed E-state index contributed by atoms with van der Waals surface area (Å²) in [7, 11) is -2.97. The Morgan fingerprint density at radius 3 is 2.40 bits per heavy atom. The molecule has 1 unspecified atom stereocenters. The molecule has 1 atom stereocenters. The molecule has 0 rings (SSSR count). The lowest BCUT2D eigenvalue weighted by Gasteiger charge is -2.04. The highest BCUT2D eigenvalue weighted by Crippen LogP contribution is 2.05. The topological polar surface area (TPSA) is 34.1 Å². The molecular formula is C7H14O2S. The third-order valence-electron chi connectivity index (χ3n) is 1.47. The predicted octanol–water partition coefficient (Wildman–Crippen LogP) is 1.59. The van der Waals surface area contributed by atoms with E-state index >= 15 is 0 Å². The van der Waals surface area contributed by atoms with Gasteiger partial charge in [-0.05, 0) is 5.92 Å². The Bertz CT molecular complexity index is 192. The van der Waals surface area contributed by atoms with Crippen molar-refractivity contribution in [1.29, 1.82) is 0 Å². The van der Waals surface area contributed by atoms with Gasteiger partial charge in [0, 0.05) is 5.41 Å². The van der Waals surface area contributed by atoms with Crippen molar-refractivity contribution in [1.82, 2.24) is 0 Å². The predicted molar refractivity (Wildman–Crippen MR) is 43.4 cm³/mol. The van der Waals surface area contributed by atoms with Crippen LogP contribution in [0.25, 0.3) is 0 Å². The number of hydrogen-bond donors (Lipinski definition) is 0. The van der Waals surface area contributed by atoms with Crippen molar-refractivity contribution in [3.63, 3.8) is 0 Å². The molecule has 0 heterocycles. The lowest BCUT2D eigenvalue weighted by molar-refractivity contribution is 0.571. The molecule has 0 aliphatic rings. The summed E-state index contributed by atoms with van der Waals surface area (Å²) in [5, 5.41) is 1.03. The number of sulfone groups is 1. The molecule has 3 heteroatoms. The fraction of sp³-hybridized carbons (Fsp3) is 0.714. The Hall–Kier alpha value is -0.310. The first-order valence-electron chi connectivity index (χ1n) is 3.37. The molecule has 0 fully saturated rings. The van der Waals surface area contributed by atoms with E-state index in [1.807, 2.05) is 13.8 Å². The van der Waals surface area contributed by atoms with E-state index in [-0.39, 0.29) is 11.7 Å². The van der Waals surface area contributed by atoms with E-state index in [4.69, 9.17) is 0 Å². The summed E-state index contributed by atoms with van der Waals surface area (Å²) < 4.78 is 21.7. The maximum atomic E-state index is 10.9. The van der Waals surface area contributed by atoms with Crippen LogP contribution in [0, 0.1) is 5.92 Å². The minimum atomic E-state index is -2.97. The SMILES string of the molecule is C=CS(=O)(=O)CC(C)CC. The van der Waals surface area contributed by atoms with Crippen LogP contribution in [0.2, 0.25) is 0 Å². The van der Waals surface area contributed by atoms with E-state index in [0.717, 1.165) is 11.8 Å². The van der Waals surface area contributed by atoms with E-state index in [9.17, 15) is 8.42 Å². The van der Waals surface area contributed by atoms with Crippen LogP contribution < -0.4 is 0 Å². The molecule has 0 aromatic rings. The summed E-state index contributed by atoms with van der Waals surface area (Å²) in [4.78, 5) is 0. The largest absolute Gasteiger partial charge is 0.224 e. The highest BCUT2D eigenvalue weighted by molar-refractivity contribution is 7.94. The molecule has 60 valence electrons. The molecule has 10 heavy (non-hydrogen) atoms. The molecule has 0 saturated heterocycles. The molecule has 0 aliphatic heterocycles. The van der Waals surface area contributed by atoms with Gasteiger partial charge in [0.2, 0.25) is 0 Å². The second-order valence-corrected chi connectivity index (χ2v) is 4.50. The first-order valence-corrected chi connectivity index (χ1v) is 5.08. The molecular weight excluding hydrogens is 148 g/mol. The van der Waals surface area contributed by atoms with Crippen molar-refractivity contribution in [2.75, 3.05) is 5.75 Å². The van der Waals surface area contributed by atoms with Crippen LogP contribution in [0.15, 0.2) is 12.0 Å². The van der Waals surface area contributed by atoms with Crippen LogP contribution in [0.4, 0.5) is 0 Å². The summed E-state index contributed by atoms with van der Waals surface area (Å²) in [6.07, 6.45) is 0.896. The number of hydrogen-bond acceptors (Lipinski definition) is 2. The third kappa shape index (κ3) is 3.67. The summed E-state index contributed by atoms with van der Waals surface area (Å²) in [6, 6.07) is 0. The molecule has 0 spiro atoms. The quantitative estimate of drug-likeness (QED) is 0.629. The monoisotopic (exact) mass is 162 g/mol. The fourth-order valence-electron chi connectivity index (χ4n) is 0.582. The standard InChI is InChI=1S/C7H14O2S/c1-4-7(3)6-10(8,9)5-2/h5,7H,2,4,6H2,1,3H3. The minimum absolute atomic E-state index is 0.229. The van der Waals surface area contributed by atoms with Gasteiger partial charge in [-0.2, -0.15) is 0 Å². The molecule has 0 aromatic carbocycles. The normalized spacial score (nSPS) is 14.6.